The molecular formula is C13H20N2O4S. The summed E-state index contributed by atoms with van der Waals surface area (Å²) in [6.07, 6.45) is -0.609. The molecule has 0 bridgehead atoms. The molecule has 20 heavy (non-hydrogen) atoms. The average molecular weight is 300 g/mol. The Morgan fingerprint density at radius 1 is 1.10 bits per heavy atom. The fourth-order valence-corrected chi connectivity index (χ4v) is 1.81. The number of amides is 1. The lowest BCUT2D eigenvalue weighted by Crippen LogP contribution is -2.27. The van der Waals surface area contributed by atoms with Crippen molar-refractivity contribution in [3.63, 3.8) is 0 Å². The lowest BCUT2D eigenvalue weighted by atomic mass is 10.2. The van der Waals surface area contributed by atoms with Gasteiger partial charge in [-0.3, -0.25) is 5.32 Å². The second kappa shape index (κ2) is 5.78. The third-order valence-corrected chi connectivity index (χ3v) is 2.48. The van der Waals surface area contributed by atoms with Gasteiger partial charge in [0.05, 0.1) is 0 Å². The first-order chi connectivity index (χ1) is 8.96. The lowest BCUT2D eigenvalue weighted by molar-refractivity contribution is 0.00634. The number of ether oxygens (including phenoxy) is 2. The maximum Gasteiger partial charge on any atom is 0.413 e. The Bertz CT molecular complexity index is 497. The summed E-state index contributed by atoms with van der Waals surface area (Å²) in [5.41, 5.74) is -1.01. The quantitative estimate of drug-likeness (QED) is 0.846. The molecule has 6 nitrogen and oxygen atoms in total. The van der Waals surface area contributed by atoms with Gasteiger partial charge in [0.15, 0.2) is 10.8 Å². The van der Waals surface area contributed by atoms with Crippen LogP contribution < -0.4 is 5.32 Å². The van der Waals surface area contributed by atoms with Crippen LogP contribution in [0.3, 0.4) is 0 Å². The predicted molar refractivity (Wildman–Crippen MR) is 77.1 cm³/mol. The molecule has 1 rings (SSSR count). The fraction of sp³-hybridized carbons (Fsp3) is 0.615. The molecular weight excluding hydrogens is 280 g/mol. The van der Waals surface area contributed by atoms with E-state index in [1.165, 1.54) is 5.38 Å². The molecule has 0 saturated heterocycles. The van der Waals surface area contributed by atoms with E-state index in [9.17, 15) is 9.59 Å². The number of rotatable bonds is 2. The molecule has 7 heteroatoms. The van der Waals surface area contributed by atoms with Gasteiger partial charge in [0, 0.05) is 5.38 Å². The normalized spacial score (nSPS) is 11.9. The molecule has 0 aromatic carbocycles. The zero-order chi connectivity index (χ0) is 15.6. The van der Waals surface area contributed by atoms with E-state index >= 15 is 0 Å². The number of hydrogen-bond donors (Lipinski definition) is 1. The van der Waals surface area contributed by atoms with Gasteiger partial charge in [-0.15, -0.1) is 11.3 Å². The summed E-state index contributed by atoms with van der Waals surface area (Å²) in [6.45, 7) is 10.6. The molecule has 0 unspecified atom stereocenters. The first-order valence-electron chi connectivity index (χ1n) is 6.15. The van der Waals surface area contributed by atoms with Crippen molar-refractivity contribution in [2.75, 3.05) is 5.32 Å². The van der Waals surface area contributed by atoms with Crippen LogP contribution in [0.2, 0.25) is 0 Å². The minimum atomic E-state index is -0.609. The van der Waals surface area contributed by atoms with Gasteiger partial charge < -0.3 is 9.47 Å². The molecule has 0 aliphatic heterocycles. The van der Waals surface area contributed by atoms with Gasteiger partial charge in [-0.25, -0.2) is 14.6 Å². The van der Waals surface area contributed by atoms with Crippen LogP contribution in [0.25, 0.3) is 0 Å². The first kappa shape index (κ1) is 16.4. The van der Waals surface area contributed by atoms with Crippen molar-refractivity contribution in [1.82, 2.24) is 4.98 Å². The van der Waals surface area contributed by atoms with Crippen molar-refractivity contribution in [2.24, 2.45) is 0 Å². The molecule has 1 heterocycles. The van der Waals surface area contributed by atoms with Gasteiger partial charge in [0.25, 0.3) is 0 Å². The Labute approximate surface area is 122 Å². The van der Waals surface area contributed by atoms with E-state index in [-0.39, 0.29) is 5.69 Å². The molecule has 1 N–H and O–H groups in total. The smallest absolute Gasteiger partial charge is 0.413 e. The van der Waals surface area contributed by atoms with Crippen LogP contribution in [0, 0.1) is 0 Å². The zero-order valence-electron chi connectivity index (χ0n) is 12.6. The van der Waals surface area contributed by atoms with Gasteiger partial charge in [0.2, 0.25) is 0 Å². The number of aromatic nitrogens is 1. The van der Waals surface area contributed by atoms with Crippen molar-refractivity contribution in [1.29, 1.82) is 0 Å². The third-order valence-electron chi connectivity index (χ3n) is 1.72. The summed E-state index contributed by atoms with van der Waals surface area (Å²) in [7, 11) is 0. The molecule has 0 atom stereocenters. The summed E-state index contributed by atoms with van der Waals surface area (Å²) in [4.78, 5) is 27.3. The van der Waals surface area contributed by atoms with E-state index < -0.39 is 23.3 Å². The van der Waals surface area contributed by atoms with E-state index in [0.29, 0.717) is 5.13 Å². The Morgan fingerprint density at radius 3 is 2.15 bits per heavy atom. The standard InChI is InChI=1S/C13H20N2O4S/c1-12(2,3)18-9(16)8-7-20-10(14-8)15-11(17)19-13(4,5)6/h7H,1-6H3,(H,14,15,17). The number of anilines is 1. The second-order valence-electron chi connectivity index (χ2n) is 6.17. The van der Waals surface area contributed by atoms with E-state index in [2.05, 4.69) is 10.3 Å². The Balaban J connectivity index is 2.64. The lowest BCUT2D eigenvalue weighted by Gasteiger charge is -2.19. The van der Waals surface area contributed by atoms with E-state index in [4.69, 9.17) is 9.47 Å². The van der Waals surface area contributed by atoms with Crippen LogP contribution in [0.1, 0.15) is 52.0 Å². The van der Waals surface area contributed by atoms with Crippen molar-refractivity contribution in [2.45, 2.75) is 52.7 Å². The van der Waals surface area contributed by atoms with Gasteiger partial charge in [-0.05, 0) is 41.5 Å². The maximum atomic E-state index is 11.8. The maximum absolute atomic E-state index is 11.8. The molecule has 0 radical (unpaired) electrons. The molecule has 0 saturated carbocycles. The molecule has 0 aliphatic carbocycles. The highest BCUT2D eigenvalue weighted by atomic mass is 32.1. The fourth-order valence-electron chi connectivity index (χ4n) is 1.15. The second-order valence-corrected chi connectivity index (χ2v) is 7.02. The molecule has 1 amide bonds. The molecule has 112 valence electrons. The predicted octanol–water partition coefficient (Wildman–Crippen LogP) is 3.45. The Morgan fingerprint density at radius 2 is 1.65 bits per heavy atom. The highest BCUT2D eigenvalue weighted by Crippen LogP contribution is 2.19. The number of thiazole rings is 1. The highest BCUT2D eigenvalue weighted by molar-refractivity contribution is 7.14. The third kappa shape index (κ3) is 6.01. The SMILES string of the molecule is CC(C)(C)OC(=O)Nc1nc(C(=O)OC(C)(C)C)cs1. The number of esters is 1. The van der Waals surface area contributed by atoms with Crippen molar-refractivity contribution in [3.05, 3.63) is 11.1 Å². The number of carbonyl (C=O) groups excluding carboxylic acids is 2. The van der Waals surface area contributed by atoms with Crippen LogP contribution in [-0.4, -0.2) is 28.2 Å². The van der Waals surface area contributed by atoms with E-state index in [1.807, 2.05) is 0 Å². The summed E-state index contributed by atoms with van der Waals surface area (Å²) in [6, 6.07) is 0. The van der Waals surface area contributed by atoms with Crippen LogP contribution >= 0.6 is 11.3 Å². The molecule has 1 aromatic rings. The van der Waals surface area contributed by atoms with Gasteiger partial charge in [-0.1, -0.05) is 0 Å². The van der Waals surface area contributed by atoms with Crippen molar-refractivity contribution in [3.8, 4) is 0 Å². The van der Waals surface area contributed by atoms with Gasteiger partial charge in [-0.2, -0.15) is 0 Å². The largest absolute Gasteiger partial charge is 0.455 e. The van der Waals surface area contributed by atoms with E-state index in [1.54, 1.807) is 41.5 Å². The zero-order valence-corrected chi connectivity index (χ0v) is 13.4. The summed E-state index contributed by atoms with van der Waals surface area (Å²) in [5.74, 6) is -0.522. The number of carbonyl (C=O) groups is 2. The molecule has 0 fully saturated rings. The number of hydrogen-bond acceptors (Lipinski definition) is 6. The Kier molecular flexibility index (Phi) is 4.75. The highest BCUT2D eigenvalue weighted by Gasteiger charge is 2.21. The first-order valence-corrected chi connectivity index (χ1v) is 7.03. The van der Waals surface area contributed by atoms with Crippen LogP contribution in [0.15, 0.2) is 5.38 Å². The topological polar surface area (TPSA) is 77.5 Å². The molecule has 0 spiro atoms. The molecule has 1 aromatic heterocycles. The van der Waals surface area contributed by atoms with Crippen LogP contribution in [-0.2, 0) is 9.47 Å². The summed E-state index contributed by atoms with van der Waals surface area (Å²) < 4.78 is 10.3. The minimum Gasteiger partial charge on any atom is -0.455 e. The number of nitrogens with one attached hydrogen (secondary N) is 1. The van der Waals surface area contributed by atoms with Crippen molar-refractivity contribution < 1.29 is 19.1 Å². The summed E-state index contributed by atoms with van der Waals surface area (Å²) in [5, 5.41) is 4.30. The Hall–Kier alpha value is -1.63. The van der Waals surface area contributed by atoms with Crippen LogP contribution in [0.5, 0.6) is 0 Å². The average Bonchev–Trinajstić information content (AvgIpc) is 2.59. The van der Waals surface area contributed by atoms with Gasteiger partial charge in [0.1, 0.15) is 11.2 Å². The minimum absolute atomic E-state index is 0.163. The molecule has 0 aliphatic rings. The number of nitrogens with zero attached hydrogens (tertiary/aromatic N) is 1. The monoisotopic (exact) mass is 300 g/mol. The van der Waals surface area contributed by atoms with Crippen molar-refractivity contribution >= 4 is 28.5 Å². The van der Waals surface area contributed by atoms with E-state index in [0.717, 1.165) is 11.3 Å². The van der Waals surface area contributed by atoms with Gasteiger partial charge >= 0.3 is 12.1 Å². The van der Waals surface area contributed by atoms with Crippen LogP contribution in [0.4, 0.5) is 9.93 Å². The summed E-state index contributed by atoms with van der Waals surface area (Å²) >= 11 is 1.13.